The molecule has 5 rings (SSSR count). The van der Waals surface area contributed by atoms with E-state index in [1.165, 1.54) is 17.6 Å². The third-order valence-electron chi connectivity index (χ3n) is 7.21. The summed E-state index contributed by atoms with van der Waals surface area (Å²) in [4.78, 5) is 43.2. The molecule has 0 radical (unpaired) electrons. The first-order valence-corrected chi connectivity index (χ1v) is 12.5. The molecule has 4 heterocycles. The Balaban J connectivity index is 1.76. The lowest BCUT2D eigenvalue weighted by Gasteiger charge is -2.31. The lowest BCUT2D eigenvalue weighted by Crippen LogP contribution is -2.44. The van der Waals surface area contributed by atoms with Crippen molar-refractivity contribution in [2.45, 2.75) is 71.9 Å². The van der Waals surface area contributed by atoms with E-state index in [9.17, 15) is 29.1 Å². The molecule has 3 aromatic rings. The third-order valence-corrected chi connectivity index (χ3v) is 7.21. The van der Waals surface area contributed by atoms with Crippen molar-refractivity contribution in [2.24, 2.45) is 0 Å². The zero-order valence-electron chi connectivity index (χ0n) is 22.2. The van der Waals surface area contributed by atoms with Crippen LogP contribution in [0, 0.1) is 24.1 Å². The summed E-state index contributed by atoms with van der Waals surface area (Å²) in [6.07, 6.45) is -0.703. The van der Waals surface area contributed by atoms with E-state index in [0.717, 1.165) is 0 Å². The van der Waals surface area contributed by atoms with E-state index in [1.807, 2.05) is 0 Å². The van der Waals surface area contributed by atoms with Crippen LogP contribution in [-0.2, 0) is 39.6 Å². The van der Waals surface area contributed by atoms with Crippen molar-refractivity contribution in [1.82, 2.24) is 14.9 Å². The molecular formula is C28H27FN4O6. The lowest BCUT2D eigenvalue weighted by atomic mass is 9.86. The van der Waals surface area contributed by atoms with Crippen molar-refractivity contribution in [1.29, 1.82) is 5.26 Å². The Kier molecular flexibility index (Phi) is 5.99. The summed E-state index contributed by atoms with van der Waals surface area (Å²) in [6.45, 7) is 7.95. The van der Waals surface area contributed by atoms with Crippen molar-refractivity contribution >= 4 is 23.0 Å². The maximum atomic E-state index is 14.8. The summed E-state index contributed by atoms with van der Waals surface area (Å²) in [5.41, 5.74) is -0.837. The van der Waals surface area contributed by atoms with Gasteiger partial charge in [-0.1, -0.05) is 6.92 Å². The highest BCUT2D eigenvalue weighted by Crippen LogP contribution is 2.41. The van der Waals surface area contributed by atoms with Gasteiger partial charge in [-0.15, -0.1) is 0 Å². The molecule has 0 saturated carbocycles. The molecule has 0 fully saturated rings. The van der Waals surface area contributed by atoms with Crippen molar-refractivity contribution in [3.63, 3.8) is 0 Å². The molecule has 39 heavy (non-hydrogen) atoms. The molecule has 2 aliphatic rings. The van der Waals surface area contributed by atoms with E-state index in [2.05, 4.69) is 16.4 Å². The van der Waals surface area contributed by atoms with Crippen LogP contribution in [-0.4, -0.2) is 32.3 Å². The first-order chi connectivity index (χ1) is 18.3. The second kappa shape index (κ2) is 8.88. The number of halogens is 1. The Morgan fingerprint density at radius 2 is 2.05 bits per heavy atom. The number of hydrogen-bond acceptors (Lipinski definition) is 8. The molecule has 10 nitrogen and oxygen atoms in total. The molecule has 2 N–H and O–H groups in total. The maximum Gasteiger partial charge on any atom is 0.407 e. The minimum absolute atomic E-state index is 0.0131. The fourth-order valence-corrected chi connectivity index (χ4v) is 5.21. The average Bonchev–Trinajstić information content (AvgIpc) is 3.23. The maximum absolute atomic E-state index is 14.8. The number of rotatable bonds is 3. The Bertz CT molecular complexity index is 1700. The number of carbonyl (C=O) groups excluding carboxylic acids is 2. The van der Waals surface area contributed by atoms with E-state index in [4.69, 9.17) is 9.47 Å². The number of nitriles is 1. The van der Waals surface area contributed by atoms with Crippen LogP contribution in [0.2, 0.25) is 0 Å². The van der Waals surface area contributed by atoms with Crippen LogP contribution in [0.5, 0.6) is 0 Å². The summed E-state index contributed by atoms with van der Waals surface area (Å²) in [7, 11) is 0. The van der Waals surface area contributed by atoms with E-state index in [-0.39, 0.29) is 53.9 Å². The number of cyclic esters (lactones) is 1. The summed E-state index contributed by atoms with van der Waals surface area (Å²) in [5, 5.41) is 24.1. The fraction of sp³-hybridized carbons (Fsp3) is 0.393. The Morgan fingerprint density at radius 3 is 2.69 bits per heavy atom. The highest BCUT2D eigenvalue weighted by molar-refractivity contribution is 5.94. The number of alkyl carbamates (subject to hydrolysis) is 1. The number of hydrogen-bond donors (Lipinski definition) is 2. The van der Waals surface area contributed by atoms with Gasteiger partial charge in [0.05, 0.1) is 34.6 Å². The molecule has 1 amide bonds. The largest absolute Gasteiger partial charge is 0.458 e. The lowest BCUT2D eigenvalue weighted by molar-refractivity contribution is -0.172. The van der Waals surface area contributed by atoms with Gasteiger partial charge >= 0.3 is 12.1 Å². The number of nitrogens with one attached hydrogen (secondary N) is 1. The topological polar surface area (TPSA) is 144 Å². The standard InChI is InChI=1S/C28H27FN4O6/c1-6-28(37)18-7-21-23-16(11-33(21)24(34)17(18)12-38-25(28)35)15(10-31-26(36)39-27(3,4)5)22-14(9-30)13(2)19(29)8-20(22)32-23/h7-8,37H,6,10-12H2,1-5H3,(H,31,36)/t28-/m0/s1. The van der Waals surface area contributed by atoms with E-state index < -0.39 is 34.6 Å². The highest BCUT2D eigenvalue weighted by atomic mass is 19.1. The molecule has 2 aromatic heterocycles. The Hall–Kier alpha value is -4.30. The summed E-state index contributed by atoms with van der Waals surface area (Å²) >= 11 is 0. The van der Waals surface area contributed by atoms with Crippen LogP contribution >= 0.6 is 0 Å². The zero-order chi connectivity index (χ0) is 28.4. The summed E-state index contributed by atoms with van der Waals surface area (Å²) < 4.78 is 26.8. The fourth-order valence-electron chi connectivity index (χ4n) is 5.21. The number of carbonyl (C=O) groups is 2. The Morgan fingerprint density at radius 1 is 1.33 bits per heavy atom. The van der Waals surface area contributed by atoms with Crippen LogP contribution in [0.4, 0.5) is 9.18 Å². The minimum atomic E-state index is -2.00. The van der Waals surface area contributed by atoms with Crippen LogP contribution in [0.15, 0.2) is 16.9 Å². The molecule has 11 heteroatoms. The number of esters is 1. The van der Waals surface area contributed by atoms with Crippen molar-refractivity contribution in [3.05, 3.63) is 61.7 Å². The van der Waals surface area contributed by atoms with Gasteiger partial charge < -0.3 is 24.5 Å². The molecule has 2 aliphatic heterocycles. The second-order valence-corrected chi connectivity index (χ2v) is 10.7. The normalized spacial score (nSPS) is 17.6. The zero-order valence-corrected chi connectivity index (χ0v) is 22.2. The summed E-state index contributed by atoms with van der Waals surface area (Å²) in [5.74, 6) is -1.47. The Labute approximate surface area is 223 Å². The second-order valence-electron chi connectivity index (χ2n) is 10.7. The number of pyridine rings is 2. The van der Waals surface area contributed by atoms with E-state index in [1.54, 1.807) is 33.8 Å². The molecule has 0 aliphatic carbocycles. The third kappa shape index (κ3) is 4.03. The molecule has 0 unspecified atom stereocenters. The number of aliphatic hydroxyl groups is 1. The first-order valence-electron chi connectivity index (χ1n) is 12.5. The molecule has 0 spiro atoms. The summed E-state index contributed by atoms with van der Waals surface area (Å²) in [6, 6.07) is 4.82. The van der Waals surface area contributed by atoms with Gasteiger partial charge in [-0.25, -0.2) is 19.0 Å². The number of benzene rings is 1. The van der Waals surface area contributed by atoms with Crippen LogP contribution in [0.25, 0.3) is 22.3 Å². The van der Waals surface area contributed by atoms with Gasteiger partial charge in [-0.3, -0.25) is 4.79 Å². The van der Waals surface area contributed by atoms with Crippen molar-refractivity contribution in [3.8, 4) is 17.5 Å². The van der Waals surface area contributed by atoms with Gasteiger partial charge in [0.1, 0.15) is 24.1 Å². The predicted molar refractivity (Wildman–Crippen MR) is 137 cm³/mol. The number of ether oxygens (including phenoxy) is 2. The predicted octanol–water partition coefficient (Wildman–Crippen LogP) is 3.42. The molecule has 0 bridgehead atoms. The molecule has 1 aromatic carbocycles. The minimum Gasteiger partial charge on any atom is -0.458 e. The number of aromatic nitrogens is 2. The van der Waals surface area contributed by atoms with Gasteiger partial charge in [-0.05, 0) is 45.7 Å². The van der Waals surface area contributed by atoms with E-state index in [0.29, 0.717) is 27.9 Å². The van der Waals surface area contributed by atoms with Crippen LogP contribution in [0.3, 0.4) is 0 Å². The smallest absolute Gasteiger partial charge is 0.407 e. The van der Waals surface area contributed by atoms with Gasteiger partial charge in [0, 0.05) is 34.7 Å². The van der Waals surface area contributed by atoms with Crippen LogP contribution < -0.4 is 10.9 Å². The van der Waals surface area contributed by atoms with Gasteiger partial charge in [0.15, 0.2) is 5.60 Å². The van der Waals surface area contributed by atoms with Crippen molar-refractivity contribution in [2.75, 3.05) is 0 Å². The van der Waals surface area contributed by atoms with E-state index >= 15 is 0 Å². The average molecular weight is 535 g/mol. The highest BCUT2D eigenvalue weighted by Gasteiger charge is 2.45. The molecule has 202 valence electrons. The first kappa shape index (κ1) is 26.3. The number of nitrogens with zero attached hydrogens (tertiary/aromatic N) is 3. The molecule has 1 atom stereocenters. The van der Waals surface area contributed by atoms with Gasteiger partial charge in [-0.2, -0.15) is 5.26 Å². The molecule has 0 saturated heterocycles. The number of amides is 1. The number of fused-ring (bicyclic) bond motifs is 5. The SMILES string of the molecule is CC[C@@]1(O)C(=O)OCc2c1cc1n(c2=O)Cc2c-1nc1cc(F)c(C)c(C#N)c1c2CNC(=O)OC(C)(C)C. The monoisotopic (exact) mass is 534 g/mol. The molecular weight excluding hydrogens is 507 g/mol. The quantitative estimate of drug-likeness (QED) is 0.381. The van der Waals surface area contributed by atoms with Gasteiger partial charge in [0.2, 0.25) is 0 Å². The van der Waals surface area contributed by atoms with Gasteiger partial charge in [0.25, 0.3) is 5.56 Å². The van der Waals surface area contributed by atoms with Crippen LogP contribution in [0.1, 0.15) is 67.5 Å². The van der Waals surface area contributed by atoms with Crippen molar-refractivity contribution < 1.29 is 28.6 Å².